The van der Waals surface area contributed by atoms with Gasteiger partial charge in [-0.1, -0.05) is 36.4 Å². The van der Waals surface area contributed by atoms with E-state index in [1.165, 1.54) is 6.07 Å². The van der Waals surface area contributed by atoms with E-state index in [1.807, 2.05) is 0 Å². The Bertz CT molecular complexity index is 911. The molecule has 1 heterocycles. The molecule has 1 amide bonds. The second-order valence-corrected chi connectivity index (χ2v) is 7.80. The van der Waals surface area contributed by atoms with Crippen molar-refractivity contribution in [3.8, 4) is 0 Å². The molecule has 2 aromatic rings. The first-order chi connectivity index (χ1) is 10.6. The van der Waals surface area contributed by atoms with E-state index >= 15 is 0 Å². The standard InChI is InChI=1S/C14H9ClF3NO3S/c15-23(21,22)12-10-6-5-8-3-1-2-4-9(8)11(10)7-19(12)13(20)14(16,17)18/h1-6,12H,7H2. The van der Waals surface area contributed by atoms with Gasteiger partial charge >= 0.3 is 12.1 Å². The van der Waals surface area contributed by atoms with Crippen LogP contribution in [-0.2, 0) is 20.4 Å². The van der Waals surface area contributed by atoms with Gasteiger partial charge in [-0.05, 0) is 21.9 Å². The third-order valence-electron chi connectivity index (χ3n) is 3.72. The van der Waals surface area contributed by atoms with Gasteiger partial charge in [-0.2, -0.15) is 13.2 Å². The molecule has 1 atom stereocenters. The average Bonchev–Trinajstić information content (AvgIpc) is 2.85. The summed E-state index contributed by atoms with van der Waals surface area (Å²) < 4.78 is 61.9. The van der Waals surface area contributed by atoms with Crippen molar-refractivity contribution in [3.05, 3.63) is 47.5 Å². The van der Waals surface area contributed by atoms with Crippen LogP contribution in [-0.4, -0.2) is 25.4 Å². The average molecular weight is 364 g/mol. The molecular formula is C14H9ClF3NO3S. The number of hydrogen-bond acceptors (Lipinski definition) is 3. The summed E-state index contributed by atoms with van der Waals surface area (Å²) in [7, 11) is 0.856. The predicted molar refractivity (Wildman–Crippen MR) is 78.1 cm³/mol. The highest BCUT2D eigenvalue weighted by Crippen LogP contribution is 2.43. The molecule has 0 aliphatic carbocycles. The van der Waals surface area contributed by atoms with Crippen molar-refractivity contribution >= 4 is 36.4 Å². The minimum absolute atomic E-state index is 0.0938. The van der Waals surface area contributed by atoms with Crippen LogP contribution in [0.2, 0.25) is 0 Å². The Morgan fingerprint density at radius 3 is 2.43 bits per heavy atom. The van der Waals surface area contributed by atoms with E-state index in [4.69, 9.17) is 10.7 Å². The molecule has 0 aromatic heterocycles. The minimum atomic E-state index is -5.18. The Morgan fingerprint density at radius 2 is 1.83 bits per heavy atom. The maximum absolute atomic E-state index is 12.8. The molecule has 9 heteroatoms. The van der Waals surface area contributed by atoms with Gasteiger partial charge < -0.3 is 4.90 Å². The topological polar surface area (TPSA) is 54.5 Å². The van der Waals surface area contributed by atoms with Crippen LogP contribution in [0.15, 0.2) is 36.4 Å². The molecular weight excluding hydrogens is 355 g/mol. The molecule has 3 rings (SSSR count). The highest BCUT2D eigenvalue weighted by atomic mass is 35.7. The van der Waals surface area contributed by atoms with Gasteiger partial charge in [0.2, 0.25) is 0 Å². The highest BCUT2D eigenvalue weighted by molar-refractivity contribution is 8.13. The number of rotatable bonds is 1. The monoisotopic (exact) mass is 363 g/mol. The SMILES string of the molecule is O=C(N1Cc2c(ccc3ccccc23)C1S(=O)(=O)Cl)C(F)(F)F. The molecule has 23 heavy (non-hydrogen) atoms. The summed E-state index contributed by atoms with van der Waals surface area (Å²) in [5, 5.41) is -0.524. The van der Waals surface area contributed by atoms with Crippen LogP contribution < -0.4 is 0 Å². The lowest BCUT2D eigenvalue weighted by molar-refractivity contribution is -0.186. The highest BCUT2D eigenvalue weighted by Gasteiger charge is 2.51. The smallest absolute Gasteiger partial charge is 0.308 e. The fraction of sp³-hybridized carbons (Fsp3) is 0.214. The number of amides is 1. The molecule has 1 aliphatic rings. The molecule has 0 N–H and O–H groups in total. The number of nitrogens with zero attached hydrogens (tertiary/aromatic N) is 1. The van der Waals surface area contributed by atoms with Crippen molar-refractivity contribution in [1.29, 1.82) is 0 Å². The number of benzene rings is 2. The number of carbonyl (C=O) groups excluding carboxylic acids is 1. The fourth-order valence-corrected chi connectivity index (χ4v) is 4.40. The van der Waals surface area contributed by atoms with E-state index < -0.39 is 33.1 Å². The molecule has 2 aromatic carbocycles. The normalized spacial score (nSPS) is 18.3. The molecule has 1 unspecified atom stereocenters. The number of fused-ring (bicyclic) bond motifs is 3. The summed E-state index contributed by atoms with van der Waals surface area (Å²) in [5.41, 5.74) is 0.450. The van der Waals surface area contributed by atoms with Crippen molar-refractivity contribution in [2.45, 2.75) is 18.1 Å². The number of carbonyl (C=O) groups is 1. The second-order valence-electron chi connectivity index (χ2n) is 5.11. The molecule has 4 nitrogen and oxygen atoms in total. The van der Waals surface area contributed by atoms with Crippen molar-refractivity contribution in [2.24, 2.45) is 0 Å². The van der Waals surface area contributed by atoms with Crippen molar-refractivity contribution in [1.82, 2.24) is 4.90 Å². The van der Waals surface area contributed by atoms with E-state index in [0.29, 0.717) is 10.9 Å². The number of alkyl halides is 3. The molecule has 0 radical (unpaired) electrons. The van der Waals surface area contributed by atoms with Gasteiger partial charge in [0.1, 0.15) is 0 Å². The molecule has 0 spiro atoms. The van der Waals surface area contributed by atoms with Crippen LogP contribution in [0.5, 0.6) is 0 Å². The summed E-state index contributed by atoms with van der Waals surface area (Å²) in [4.78, 5) is 11.9. The fourth-order valence-electron chi connectivity index (χ4n) is 2.83. The first-order valence-electron chi connectivity index (χ1n) is 6.42. The zero-order valence-corrected chi connectivity index (χ0v) is 12.9. The van der Waals surface area contributed by atoms with Crippen LogP contribution in [0.4, 0.5) is 13.2 Å². The first kappa shape index (κ1) is 16.1. The van der Waals surface area contributed by atoms with Gasteiger partial charge in [0, 0.05) is 17.2 Å². The summed E-state index contributed by atoms with van der Waals surface area (Å²) in [6.45, 7) is -0.467. The lowest BCUT2D eigenvalue weighted by Gasteiger charge is -2.23. The van der Waals surface area contributed by atoms with Gasteiger partial charge in [-0.15, -0.1) is 0 Å². The maximum Gasteiger partial charge on any atom is 0.471 e. The molecule has 0 saturated carbocycles. The van der Waals surface area contributed by atoms with E-state index in [0.717, 1.165) is 5.39 Å². The minimum Gasteiger partial charge on any atom is -0.308 e. The Hall–Kier alpha value is -1.80. The van der Waals surface area contributed by atoms with Gasteiger partial charge in [-0.25, -0.2) is 8.42 Å². The van der Waals surface area contributed by atoms with Gasteiger partial charge in [0.15, 0.2) is 5.37 Å². The maximum atomic E-state index is 12.8. The van der Waals surface area contributed by atoms with E-state index in [2.05, 4.69) is 0 Å². The van der Waals surface area contributed by atoms with Crippen LogP contribution in [0.1, 0.15) is 16.5 Å². The van der Waals surface area contributed by atoms with Crippen LogP contribution in [0.3, 0.4) is 0 Å². The Labute approximate surface area is 133 Å². The predicted octanol–water partition coefficient (Wildman–Crippen LogP) is 3.31. The lowest BCUT2D eigenvalue weighted by Crippen LogP contribution is -2.41. The largest absolute Gasteiger partial charge is 0.471 e. The number of halogens is 4. The molecule has 122 valence electrons. The zero-order valence-electron chi connectivity index (χ0n) is 11.3. The van der Waals surface area contributed by atoms with E-state index in [1.54, 1.807) is 30.3 Å². The van der Waals surface area contributed by atoms with Gasteiger partial charge in [-0.3, -0.25) is 4.79 Å². The number of hydrogen-bond donors (Lipinski definition) is 0. The Morgan fingerprint density at radius 1 is 1.17 bits per heavy atom. The van der Waals surface area contributed by atoms with Gasteiger partial charge in [0.25, 0.3) is 9.05 Å². The molecule has 1 aliphatic heterocycles. The van der Waals surface area contributed by atoms with Crippen molar-refractivity contribution in [3.63, 3.8) is 0 Å². The van der Waals surface area contributed by atoms with Crippen molar-refractivity contribution in [2.75, 3.05) is 0 Å². The van der Waals surface area contributed by atoms with Crippen LogP contribution in [0.25, 0.3) is 10.8 Å². The second kappa shape index (κ2) is 5.10. The van der Waals surface area contributed by atoms with E-state index in [9.17, 15) is 26.4 Å². The third kappa shape index (κ3) is 2.66. The van der Waals surface area contributed by atoms with E-state index in [-0.39, 0.29) is 10.5 Å². The molecule has 0 fully saturated rings. The van der Waals surface area contributed by atoms with Crippen LogP contribution >= 0.6 is 10.7 Å². The third-order valence-corrected chi connectivity index (χ3v) is 5.27. The Balaban J connectivity index is 2.23. The van der Waals surface area contributed by atoms with Gasteiger partial charge in [0.05, 0.1) is 0 Å². The Kier molecular flexibility index (Phi) is 3.57. The first-order valence-corrected chi connectivity index (χ1v) is 8.80. The molecule has 0 bridgehead atoms. The summed E-state index contributed by atoms with van der Waals surface area (Å²) in [5.74, 6) is -2.23. The summed E-state index contributed by atoms with van der Waals surface area (Å²) in [6, 6.07) is 9.82. The lowest BCUT2D eigenvalue weighted by atomic mass is 10.0. The quantitative estimate of drug-likeness (QED) is 0.730. The zero-order chi connectivity index (χ0) is 17.0. The molecule has 0 saturated heterocycles. The van der Waals surface area contributed by atoms with Crippen molar-refractivity contribution < 1.29 is 26.4 Å². The van der Waals surface area contributed by atoms with Crippen LogP contribution in [0, 0.1) is 0 Å². The summed E-state index contributed by atoms with van der Waals surface area (Å²) in [6.07, 6.45) is -5.18. The summed E-state index contributed by atoms with van der Waals surface area (Å²) >= 11 is 0.